The molecule has 2 nitrogen and oxygen atoms in total. The van der Waals surface area contributed by atoms with Crippen LogP contribution in [0.25, 0.3) is 0 Å². The van der Waals surface area contributed by atoms with Gasteiger partial charge in [0.25, 0.3) is 0 Å². The van der Waals surface area contributed by atoms with Gasteiger partial charge in [-0.15, -0.1) is 11.3 Å². The fraction of sp³-hybridized carbons (Fsp3) is 0.389. The fourth-order valence-corrected chi connectivity index (χ4v) is 4.56. The van der Waals surface area contributed by atoms with E-state index < -0.39 is 0 Å². The molecule has 1 atom stereocenters. The van der Waals surface area contributed by atoms with Crippen molar-refractivity contribution in [1.82, 2.24) is 4.90 Å². The Bertz CT molecular complexity index is 685. The molecule has 1 N–H and O–H groups in total. The molecule has 4 rings (SSSR count). The lowest BCUT2D eigenvalue weighted by molar-refractivity contribution is 0.276. The Labute approximate surface area is 141 Å². The number of fused-ring (bicyclic) bond motifs is 1. The molecule has 22 heavy (non-hydrogen) atoms. The summed E-state index contributed by atoms with van der Waals surface area (Å²) >= 11 is 7.64. The highest BCUT2D eigenvalue weighted by Crippen LogP contribution is 2.48. The predicted molar refractivity (Wildman–Crippen MR) is 97.6 cm³/mol. The standard InChI is InChI=1S/C18H20N2S2/c1-12-2-6-14(7-3-12)19-18(21)20-10-8-16-15(9-11-22-16)17(20)13-4-5-13/h2-3,6-7,9,11,13,17H,4-5,8,10H2,1H3,(H,19,21)/t17-/m0/s1. The van der Waals surface area contributed by atoms with Gasteiger partial charge >= 0.3 is 0 Å². The van der Waals surface area contributed by atoms with E-state index in [0.29, 0.717) is 6.04 Å². The van der Waals surface area contributed by atoms with Crippen molar-refractivity contribution in [3.05, 3.63) is 51.7 Å². The van der Waals surface area contributed by atoms with Gasteiger partial charge in [-0.05, 0) is 73.5 Å². The van der Waals surface area contributed by atoms with Crippen molar-refractivity contribution in [1.29, 1.82) is 0 Å². The molecule has 0 spiro atoms. The smallest absolute Gasteiger partial charge is 0.173 e. The summed E-state index contributed by atoms with van der Waals surface area (Å²) in [5, 5.41) is 6.54. The van der Waals surface area contributed by atoms with Gasteiger partial charge in [0.2, 0.25) is 0 Å². The van der Waals surface area contributed by atoms with E-state index in [2.05, 4.69) is 52.9 Å². The summed E-state index contributed by atoms with van der Waals surface area (Å²) in [5.74, 6) is 0.784. The minimum absolute atomic E-state index is 0.487. The maximum Gasteiger partial charge on any atom is 0.173 e. The molecule has 0 radical (unpaired) electrons. The molecule has 1 aromatic carbocycles. The second-order valence-corrected chi connectivity index (χ2v) is 7.71. The Hall–Kier alpha value is -1.39. The van der Waals surface area contributed by atoms with Gasteiger partial charge in [-0.3, -0.25) is 0 Å². The van der Waals surface area contributed by atoms with E-state index in [1.165, 1.54) is 24.0 Å². The first-order valence-electron chi connectivity index (χ1n) is 7.93. The first-order valence-corrected chi connectivity index (χ1v) is 9.22. The second kappa shape index (κ2) is 5.67. The molecule has 1 aliphatic heterocycles. The lowest BCUT2D eigenvalue weighted by Crippen LogP contribution is -2.42. The number of rotatable bonds is 2. The first kappa shape index (κ1) is 14.2. The molecule has 0 unspecified atom stereocenters. The molecule has 114 valence electrons. The van der Waals surface area contributed by atoms with Crippen LogP contribution in [0.4, 0.5) is 5.69 Å². The zero-order chi connectivity index (χ0) is 15.1. The average molecular weight is 329 g/mol. The Kier molecular flexibility index (Phi) is 3.66. The van der Waals surface area contributed by atoms with E-state index in [1.807, 2.05) is 11.3 Å². The third-order valence-corrected chi connectivity index (χ3v) is 5.98. The summed E-state index contributed by atoms with van der Waals surface area (Å²) in [5.41, 5.74) is 3.88. The topological polar surface area (TPSA) is 15.3 Å². The van der Waals surface area contributed by atoms with Gasteiger partial charge in [-0.25, -0.2) is 0 Å². The summed E-state index contributed by atoms with van der Waals surface area (Å²) in [6.45, 7) is 3.14. The van der Waals surface area contributed by atoms with Gasteiger partial charge in [0.1, 0.15) is 0 Å². The Morgan fingerprint density at radius 3 is 2.73 bits per heavy atom. The molecule has 1 saturated carbocycles. The van der Waals surface area contributed by atoms with Crippen LogP contribution in [0.15, 0.2) is 35.7 Å². The van der Waals surface area contributed by atoms with Gasteiger partial charge in [0.15, 0.2) is 5.11 Å². The Morgan fingerprint density at radius 2 is 2.00 bits per heavy atom. The van der Waals surface area contributed by atoms with Crippen LogP contribution in [0.3, 0.4) is 0 Å². The highest BCUT2D eigenvalue weighted by atomic mass is 32.1. The minimum Gasteiger partial charge on any atom is -0.341 e. The maximum atomic E-state index is 5.73. The summed E-state index contributed by atoms with van der Waals surface area (Å²) in [6, 6.07) is 11.2. The quantitative estimate of drug-likeness (QED) is 0.800. The second-order valence-electron chi connectivity index (χ2n) is 6.32. The van der Waals surface area contributed by atoms with Gasteiger partial charge in [0, 0.05) is 17.1 Å². The molecule has 0 amide bonds. The molecule has 2 heterocycles. The zero-order valence-corrected chi connectivity index (χ0v) is 14.3. The number of benzene rings is 1. The Balaban J connectivity index is 1.56. The average Bonchev–Trinajstić information content (AvgIpc) is 3.25. The number of thiocarbonyl (C=S) groups is 1. The molecular weight excluding hydrogens is 308 g/mol. The van der Waals surface area contributed by atoms with Crippen LogP contribution in [0.1, 0.15) is 34.9 Å². The molecule has 2 aromatic rings. The number of hydrogen-bond acceptors (Lipinski definition) is 2. The van der Waals surface area contributed by atoms with E-state index >= 15 is 0 Å². The molecule has 0 saturated heterocycles. The van der Waals surface area contributed by atoms with E-state index in [1.54, 1.807) is 4.88 Å². The van der Waals surface area contributed by atoms with Gasteiger partial charge in [-0.1, -0.05) is 17.7 Å². The van der Waals surface area contributed by atoms with Crippen LogP contribution >= 0.6 is 23.6 Å². The van der Waals surface area contributed by atoms with Crippen molar-refractivity contribution in [2.24, 2.45) is 5.92 Å². The SMILES string of the molecule is Cc1ccc(NC(=S)N2CCc3sccc3[C@@H]2C2CC2)cc1. The summed E-state index contributed by atoms with van der Waals surface area (Å²) in [4.78, 5) is 3.98. The van der Waals surface area contributed by atoms with Crippen molar-refractivity contribution >= 4 is 34.4 Å². The molecule has 2 aliphatic rings. The fourth-order valence-electron chi connectivity index (χ4n) is 3.33. The predicted octanol–water partition coefficient (Wildman–Crippen LogP) is 4.76. The summed E-state index contributed by atoms with van der Waals surface area (Å²) in [7, 11) is 0. The van der Waals surface area contributed by atoms with Crippen LogP contribution in [-0.4, -0.2) is 16.6 Å². The van der Waals surface area contributed by atoms with E-state index in [9.17, 15) is 0 Å². The first-order chi connectivity index (χ1) is 10.7. The lowest BCUT2D eigenvalue weighted by atomic mass is 9.96. The number of nitrogens with one attached hydrogen (secondary N) is 1. The molecule has 4 heteroatoms. The number of hydrogen-bond donors (Lipinski definition) is 1. The number of nitrogens with zero attached hydrogens (tertiary/aromatic N) is 1. The Morgan fingerprint density at radius 1 is 1.23 bits per heavy atom. The zero-order valence-electron chi connectivity index (χ0n) is 12.7. The van der Waals surface area contributed by atoms with Gasteiger partial charge in [-0.2, -0.15) is 0 Å². The highest BCUT2D eigenvalue weighted by Gasteiger charge is 2.40. The van der Waals surface area contributed by atoms with Crippen LogP contribution in [-0.2, 0) is 6.42 Å². The highest BCUT2D eigenvalue weighted by molar-refractivity contribution is 7.80. The van der Waals surface area contributed by atoms with Crippen molar-refractivity contribution < 1.29 is 0 Å². The van der Waals surface area contributed by atoms with Gasteiger partial charge < -0.3 is 10.2 Å². The van der Waals surface area contributed by atoms with Crippen LogP contribution in [0.2, 0.25) is 0 Å². The summed E-state index contributed by atoms with van der Waals surface area (Å²) in [6.07, 6.45) is 3.79. The molecule has 0 bridgehead atoms. The number of aryl methyl sites for hydroxylation is 1. The van der Waals surface area contributed by atoms with Crippen molar-refractivity contribution in [2.45, 2.75) is 32.2 Å². The molecular formula is C18H20N2S2. The largest absolute Gasteiger partial charge is 0.341 e. The van der Waals surface area contributed by atoms with E-state index in [0.717, 1.165) is 29.7 Å². The van der Waals surface area contributed by atoms with E-state index in [4.69, 9.17) is 12.2 Å². The van der Waals surface area contributed by atoms with Crippen molar-refractivity contribution in [2.75, 3.05) is 11.9 Å². The van der Waals surface area contributed by atoms with Crippen LogP contribution in [0, 0.1) is 12.8 Å². The molecule has 1 fully saturated rings. The third kappa shape index (κ3) is 2.66. The summed E-state index contributed by atoms with van der Waals surface area (Å²) < 4.78 is 0. The molecule has 1 aromatic heterocycles. The van der Waals surface area contributed by atoms with Crippen LogP contribution in [0.5, 0.6) is 0 Å². The van der Waals surface area contributed by atoms with Gasteiger partial charge in [0.05, 0.1) is 6.04 Å². The monoisotopic (exact) mass is 328 g/mol. The number of anilines is 1. The number of thiophene rings is 1. The normalized spacial score (nSPS) is 20.6. The maximum absolute atomic E-state index is 5.73. The molecule has 1 aliphatic carbocycles. The van der Waals surface area contributed by atoms with Crippen molar-refractivity contribution in [3.63, 3.8) is 0 Å². The lowest BCUT2D eigenvalue weighted by Gasteiger charge is -2.38. The third-order valence-electron chi connectivity index (χ3n) is 4.65. The van der Waals surface area contributed by atoms with E-state index in [-0.39, 0.29) is 0 Å². The van der Waals surface area contributed by atoms with Crippen LogP contribution < -0.4 is 5.32 Å². The van der Waals surface area contributed by atoms with Crippen molar-refractivity contribution in [3.8, 4) is 0 Å². The minimum atomic E-state index is 0.487.